The highest BCUT2D eigenvalue weighted by Gasteiger charge is 2.18. The molecule has 0 aliphatic carbocycles. The van der Waals surface area contributed by atoms with Crippen LogP contribution in [0.5, 0.6) is 5.75 Å². The first kappa shape index (κ1) is 16.7. The molecule has 0 bridgehead atoms. The average Bonchev–Trinajstić information content (AvgIpc) is 2.46. The molecule has 21 heavy (non-hydrogen) atoms. The predicted octanol–water partition coefficient (Wildman–Crippen LogP) is 2.38. The van der Waals surface area contributed by atoms with Crippen molar-refractivity contribution in [2.45, 2.75) is 20.3 Å². The van der Waals surface area contributed by atoms with Crippen LogP contribution >= 0.6 is 0 Å². The Hall–Kier alpha value is -2.31. The van der Waals surface area contributed by atoms with Crippen LogP contribution in [0.4, 0.5) is 11.4 Å². The van der Waals surface area contributed by atoms with Crippen LogP contribution in [0, 0.1) is 10.1 Å². The summed E-state index contributed by atoms with van der Waals surface area (Å²) in [7, 11) is 1.33. The zero-order valence-electron chi connectivity index (χ0n) is 12.5. The Bertz CT molecular complexity index is 504. The van der Waals surface area contributed by atoms with Gasteiger partial charge in [-0.15, -0.1) is 0 Å². The second kappa shape index (κ2) is 8.08. The molecule has 1 aromatic rings. The minimum absolute atomic E-state index is 0.0879. The number of nitro groups is 1. The molecule has 7 heteroatoms. The number of benzene rings is 1. The van der Waals surface area contributed by atoms with Crippen molar-refractivity contribution < 1.29 is 19.2 Å². The van der Waals surface area contributed by atoms with Gasteiger partial charge in [-0.25, -0.2) is 0 Å². The second-order valence-electron chi connectivity index (χ2n) is 4.34. The Morgan fingerprint density at radius 1 is 1.38 bits per heavy atom. The van der Waals surface area contributed by atoms with Gasteiger partial charge in [0.15, 0.2) is 5.75 Å². The van der Waals surface area contributed by atoms with Crippen molar-refractivity contribution >= 4 is 17.3 Å². The number of hydrogen-bond donors (Lipinski definition) is 0. The number of nitro benzene ring substituents is 1. The lowest BCUT2D eigenvalue weighted by Gasteiger charge is -2.23. The molecule has 0 atom stereocenters. The Morgan fingerprint density at radius 2 is 2.10 bits per heavy atom. The third kappa shape index (κ3) is 4.62. The van der Waals surface area contributed by atoms with Gasteiger partial charge in [0, 0.05) is 24.4 Å². The molecular weight excluding hydrogens is 276 g/mol. The molecule has 0 aromatic heterocycles. The van der Waals surface area contributed by atoms with Crippen LogP contribution in [0.25, 0.3) is 0 Å². The van der Waals surface area contributed by atoms with E-state index in [4.69, 9.17) is 4.74 Å². The number of rotatable bonds is 8. The van der Waals surface area contributed by atoms with E-state index in [0.717, 1.165) is 6.42 Å². The summed E-state index contributed by atoms with van der Waals surface area (Å²) in [5.74, 6) is -0.161. The maximum atomic E-state index is 11.5. The number of anilines is 1. The molecule has 0 saturated heterocycles. The molecule has 0 unspecified atom stereocenters. The number of esters is 1. The van der Waals surface area contributed by atoms with Crippen LogP contribution in [0.15, 0.2) is 18.2 Å². The fourth-order valence-corrected chi connectivity index (χ4v) is 1.91. The van der Waals surface area contributed by atoms with Crippen LogP contribution in [0.2, 0.25) is 0 Å². The van der Waals surface area contributed by atoms with Crippen molar-refractivity contribution in [2.75, 3.05) is 31.7 Å². The highest BCUT2D eigenvalue weighted by atomic mass is 16.6. The predicted molar refractivity (Wildman–Crippen MR) is 78.8 cm³/mol. The van der Waals surface area contributed by atoms with Gasteiger partial charge in [-0.1, -0.05) is 6.92 Å². The van der Waals surface area contributed by atoms with E-state index in [-0.39, 0.29) is 24.0 Å². The van der Waals surface area contributed by atoms with E-state index in [9.17, 15) is 14.9 Å². The smallest absolute Gasteiger partial charge is 0.325 e. The summed E-state index contributed by atoms with van der Waals surface area (Å²) < 4.78 is 9.98. The Balaban J connectivity index is 3.10. The first-order valence-electron chi connectivity index (χ1n) is 6.76. The third-order valence-electron chi connectivity index (χ3n) is 2.85. The third-order valence-corrected chi connectivity index (χ3v) is 2.85. The minimum atomic E-state index is -0.487. The molecule has 0 heterocycles. The molecule has 1 aromatic carbocycles. The number of carbonyl (C=O) groups excluding carboxylic acids is 1. The summed E-state index contributed by atoms with van der Waals surface area (Å²) >= 11 is 0. The SMILES string of the molecule is CCCN(CC(=O)OC)c1ccc([N+](=O)[O-])c(OCC)c1. The zero-order valence-corrected chi connectivity index (χ0v) is 12.5. The van der Waals surface area contributed by atoms with Crippen LogP contribution in [-0.2, 0) is 9.53 Å². The average molecular weight is 296 g/mol. The van der Waals surface area contributed by atoms with Gasteiger partial charge in [0.1, 0.15) is 6.54 Å². The Kier molecular flexibility index (Phi) is 6.45. The molecule has 0 aliphatic heterocycles. The standard InChI is InChI=1S/C14H20N2O5/c1-4-8-15(10-14(17)20-3)11-6-7-12(16(18)19)13(9-11)21-5-2/h6-7,9H,4-5,8,10H2,1-3H3. The maximum Gasteiger partial charge on any atom is 0.325 e. The largest absolute Gasteiger partial charge is 0.487 e. The molecule has 0 fully saturated rings. The first-order chi connectivity index (χ1) is 10.0. The summed E-state index contributed by atoms with van der Waals surface area (Å²) in [4.78, 5) is 23.7. The number of ether oxygens (including phenoxy) is 2. The highest BCUT2D eigenvalue weighted by molar-refractivity contribution is 5.76. The summed E-state index contributed by atoms with van der Waals surface area (Å²) in [6, 6.07) is 4.58. The van der Waals surface area contributed by atoms with E-state index < -0.39 is 4.92 Å². The zero-order chi connectivity index (χ0) is 15.8. The van der Waals surface area contributed by atoms with Crippen LogP contribution in [0.1, 0.15) is 20.3 Å². The van der Waals surface area contributed by atoms with Crippen LogP contribution in [0.3, 0.4) is 0 Å². The van der Waals surface area contributed by atoms with Gasteiger partial charge in [0.05, 0.1) is 18.6 Å². The molecule has 0 radical (unpaired) electrons. The fraction of sp³-hybridized carbons (Fsp3) is 0.500. The minimum Gasteiger partial charge on any atom is -0.487 e. The van der Waals surface area contributed by atoms with Crippen molar-refractivity contribution in [2.24, 2.45) is 0 Å². The van der Waals surface area contributed by atoms with Crippen molar-refractivity contribution in [1.29, 1.82) is 0 Å². The van der Waals surface area contributed by atoms with Gasteiger partial charge in [-0.3, -0.25) is 14.9 Å². The van der Waals surface area contributed by atoms with Crippen molar-refractivity contribution in [1.82, 2.24) is 0 Å². The van der Waals surface area contributed by atoms with E-state index in [1.54, 1.807) is 24.0 Å². The maximum absolute atomic E-state index is 11.5. The lowest BCUT2D eigenvalue weighted by Crippen LogP contribution is -2.31. The summed E-state index contributed by atoms with van der Waals surface area (Å²) in [5.41, 5.74) is 0.603. The number of nitrogens with zero attached hydrogens (tertiary/aromatic N) is 2. The molecule has 0 spiro atoms. The monoisotopic (exact) mass is 296 g/mol. The van der Waals surface area contributed by atoms with E-state index in [1.807, 2.05) is 6.92 Å². The lowest BCUT2D eigenvalue weighted by atomic mass is 10.2. The Labute approximate surface area is 123 Å². The van der Waals surface area contributed by atoms with Gasteiger partial charge in [0.25, 0.3) is 0 Å². The molecule has 0 amide bonds. The van der Waals surface area contributed by atoms with Crippen molar-refractivity contribution in [3.63, 3.8) is 0 Å². The van der Waals surface area contributed by atoms with E-state index in [2.05, 4.69) is 4.74 Å². The van der Waals surface area contributed by atoms with E-state index >= 15 is 0 Å². The fourth-order valence-electron chi connectivity index (χ4n) is 1.91. The van der Waals surface area contributed by atoms with Gasteiger partial charge in [-0.2, -0.15) is 0 Å². The van der Waals surface area contributed by atoms with E-state index in [0.29, 0.717) is 18.8 Å². The second-order valence-corrected chi connectivity index (χ2v) is 4.34. The van der Waals surface area contributed by atoms with Gasteiger partial charge < -0.3 is 14.4 Å². The molecular formula is C14H20N2O5. The molecule has 0 saturated carbocycles. The van der Waals surface area contributed by atoms with Gasteiger partial charge in [0.2, 0.25) is 0 Å². The normalized spacial score (nSPS) is 10.0. The number of methoxy groups -OCH3 is 1. The van der Waals surface area contributed by atoms with E-state index in [1.165, 1.54) is 13.2 Å². The molecule has 116 valence electrons. The molecule has 1 rings (SSSR count). The summed E-state index contributed by atoms with van der Waals surface area (Å²) in [6.45, 7) is 4.80. The quantitative estimate of drug-likeness (QED) is 0.416. The van der Waals surface area contributed by atoms with Gasteiger partial charge >= 0.3 is 11.7 Å². The molecule has 0 aliphatic rings. The summed E-state index contributed by atoms with van der Waals surface area (Å²) in [6.07, 6.45) is 0.831. The van der Waals surface area contributed by atoms with Crippen LogP contribution < -0.4 is 9.64 Å². The summed E-state index contributed by atoms with van der Waals surface area (Å²) in [5, 5.41) is 11.0. The van der Waals surface area contributed by atoms with Crippen molar-refractivity contribution in [3.05, 3.63) is 28.3 Å². The topological polar surface area (TPSA) is 81.9 Å². The highest BCUT2D eigenvalue weighted by Crippen LogP contribution is 2.31. The van der Waals surface area contributed by atoms with Crippen LogP contribution in [-0.4, -0.2) is 37.7 Å². The number of hydrogen-bond acceptors (Lipinski definition) is 6. The van der Waals surface area contributed by atoms with Crippen molar-refractivity contribution in [3.8, 4) is 5.75 Å². The lowest BCUT2D eigenvalue weighted by molar-refractivity contribution is -0.385. The molecule has 7 nitrogen and oxygen atoms in total. The number of carbonyl (C=O) groups is 1. The Morgan fingerprint density at radius 3 is 2.62 bits per heavy atom. The first-order valence-corrected chi connectivity index (χ1v) is 6.76. The van der Waals surface area contributed by atoms with Gasteiger partial charge in [-0.05, 0) is 19.4 Å². The molecule has 0 N–H and O–H groups in total.